The number of aliphatic hydroxyl groups excluding tert-OH is 1. The van der Waals surface area contributed by atoms with Crippen molar-refractivity contribution >= 4 is 40.7 Å². The molecule has 1 N–H and O–H groups in total. The second-order valence-corrected chi connectivity index (χ2v) is 9.18. The van der Waals surface area contributed by atoms with Gasteiger partial charge in [-0.2, -0.15) is 0 Å². The van der Waals surface area contributed by atoms with Gasteiger partial charge in [-0.3, -0.25) is 19.3 Å². The van der Waals surface area contributed by atoms with Crippen LogP contribution in [0.5, 0.6) is 5.75 Å². The molecule has 37 heavy (non-hydrogen) atoms. The summed E-state index contributed by atoms with van der Waals surface area (Å²) in [6, 6.07) is 16.5. The fourth-order valence-corrected chi connectivity index (χ4v) is 4.91. The number of hydrogen-bond donors (Lipinski definition) is 1. The van der Waals surface area contributed by atoms with Crippen LogP contribution in [0.3, 0.4) is 0 Å². The van der Waals surface area contributed by atoms with Gasteiger partial charge in [0.15, 0.2) is 0 Å². The number of carbonyl (C=O) groups is 3. The van der Waals surface area contributed by atoms with Crippen LogP contribution in [0.25, 0.3) is 5.76 Å². The maximum atomic E-state index is 13.5. The Hall–Kier alpha value is -4.10. The van der Waals surface area contributed by atoms with Gasteiger partial charge < -0.3 is 14.6 Å². The van der Waals surface area contributed by atoms with E-state index in [4.69, 9.17) is 21.1 Å². The zero-order valence-corrected chi connectivity index (χ0v) is 21.6. The molecule has 7 nitrogen and oxygen atoms in total. The lowest BCUT2D eigenvalue weighted by molar-refractivity contribution is -0.139. The molecule has 0 radical (unpaired) electrons. The number of Topliss-reactive ketones (excluding diaryl/α,β-unsaturated/α-hetero) is 1. The van der Waals surface area contributed by atoms with Gasteiger partial charge in [-0.25, -0.2) is 0 Å². The van der Waals surface area contributed by atoms with Crippen molar-refractivity contribution in [3.05, 3.63) is 99.1 Å². The number of ether oxygens (including phenoxy) is 2. The lowest BCUT2D eigenvalue weighted by Crippen LogP contribution is -2.29. The molecule has 0 saturated carbocycles. The Bertz CT molecular complexity index is 1430. The minimum Gasteiger partial charge on any atom is -0.507 e. The number of methoxy groups -OCH3 is 2. The molecule has 190 valence electrons. The molecule has 3 aromatic carbocycles. The van der Waals surface area contributed by atoms with Crippen molar-refractivity contribution in [1.82, 2.24) is 0 Å². The molecule has 1 saturated heterocycles. The first-order valence-corrected chi connectivity index (χ1v) is 11.9. The average Bonchev–Trinajstić information content (AvgIpc) is 3.14. The quantitative estimate of drug-likeness (QED) is 0.205. The number of anilines is 1. The molecular formula is C29H26ClNO6. The number of ketones is 1. The lowest BCUT2D eigenvalue weighted by Gasteiger charge is -2.27. The van der Waals surface area contributed by atoms with Crippen molar-refractivity contribution < 1.29 is 29.0 Å². The third-order valence-corrected chi connectivity index (χ3v) is 6.65. The zero-order chi connectivity index (χ0) is 26.9. The van der Waals surface area contributed by atoms with E-state index >= 15 is 0 Å². The van der Waals surface area contributed by atoms with Gasteiger partial charge in [0.2, 0.25) is 0 Å². The molecule has 1 heterocycles. The summed E-state index contributed by atoms with van der Waals surface area (Å²) < 4.78 is 10.2. The van der Waals surface area contributed by atoms with Crippen LogP contribution in [-0.4, -0.2) is 37.0 Å². The van der Waals surface area contributed by atoms with Gasteiger partial charge in [0, 0.05) is 5.69 Å². The molecule has 0 aromatic heterocycles. The Labute approximate surface area is 219 Å². The first kappa shape index (κ1) is 26.0. The fraction of sp³-hybridized carbons (Fsp3) is 0.207. The number of nitrogens with zero attached hydrogens (tertiary/aromatic N) is 1. The van der Waals surface area contributed by atoms with Crippen molar-refractivity contribution in [2.75, 3.05) is 19.1 Å². The highest BCUT2D eigenvalue weighted by Crippen LogP contribution is 2.45. The molecular weight excluding hydrogens is 494 g/mol. The van der Waals surface area contributed by atoms with Gasteiger partial charge in [-0.1, -0.05) is 48.0 Å². The predicted octanol–water partition coefficient (Wildman–Crippen LogP) is 5.31. The van der Waals surface area contributed by atoms with E-state index in [1.54, 1.807) is 43.3 Å². The summed E-state index contributed by atoms with van der Waals surface area (Å²) in [4.78, 5) is 39.9. The van der Waals surface area contributed by atoms with Crippen molar-refractivity contribution in [3.63, 3.8) is 0 Å². The first-order valence-electron chi connectivity index (χ1n) is 11.5. The van der Waals surface area contributed by atoms with Crippen molar-refractivity contribution in [3.8, 4) is 5.75 Å². The maximum absolute atomic E-state index is 13.5. The molecule has 0 spiro atoms. The summed E-state index contributed by atoms with van der Waals surface area (Å²) in [6.07, 6.45) is 0.0741. The van der Waals surface area contributed by atoms with E-state index in [0.29, 0.717) is 16.8 Å². The molecule has 1 aliphatic heterocycles. The van der Waals surface area contributed by atoms with Crippen LogP contribution in [0.15, 0.2) is 66.2 Å². The van der Waals surface area contributed by atoms with Crippen LogP contribution in [0.1, 0.15) is 33.9 Å². The van der Waals surface area contributed by atoms with Crippen LogP contribution in [0.2, 0.25) is 5.02 Å². The number of rotatable bonds is 6. The van der Waals surface area contributed by atoms with E-state index in [-0.39, 0.29) is 40.1 Å². The summed E-state index contributed by atoms with van der Waals surface area (Å²) in [5.74, 6) is -2.18. The van der Waals surface area contributed by atoms with Crippen LogP contribution in [-0.2, 0) is 25.5 Å². The number of halogens is 1. The number of carbonyl (C=O) groups excluding carboxylic acids is 3. The standard InChI is InChI=1S/C29H26ClNO6/c1-16-13-21(28(37-4)22(30)14-16)26(33)24-25(20-8-6-5-7-17(20)2)31(29(35)27(24)34)19-11-9-18(10-12-19)15-23(32)36-3/h5-14,25,33H,15H2,1-4H3/b26-24+. The average molecular weight is 520 g/mol. The summed E-state index contributed by atoms with van der Waals surface area (Å²) in [6.45, 7) is 3.68. The molecule has 0 aliphatic carbocycles. The molecule has 1 fully saturated rings. The molecule has 1 atom stereocenters. The highest BCUT2D eigenvalue weighted by molar-refractivity contribution is 6.51. The number of esters is 1. The number of aryl methyl sites for hydroxylation is 2. The Morgan fingerprint density at radius 3 is 2.32 bits per heavy atom. The molecule has 3 aromatic rings. The fourth-order valence-electron chi connectivity index (χ4n) is 4.56. The highest BCUT2D eigenvalue weighted by atomic mass is 35.5. The monoisotopic (exact) mass is 519 g/mol. The number of hydrogen-bond acceptors (Lipinski definition) is 6. The van der Waals surface area contributed by atoms with Crippen LogP contribution in [0, 0.1) is 13.8 Å². The summed E-state index contributed by atoms with van der Waals surface area (Å²) >= 11 is 6.36. The highest BCUT2D eigenvalue weighted by Gasteiger charge is 2.47. The van der Waals surface area contributed by atoms with E-state index in [9.17, 15) is 19.5 Å². The van der Waals surface area contributed by atoms with Gasteiger partial charge in [0.05, 0.1) is 42.8 Å². The third kappa shape index (κ3) is 4.82. The summed E-state index contributed by atoms with van der Waals surface area (Å²) in [5, 5.41) is 11.8. The smallest absolute Gasteiger partial charge is 0.309 e. The number of benzene rings is 3. The molecule has 8 heteroatoms. The largest absolute Gasteiger partial charge is 0.507 e. The van der Waals surface area contributed by atoms with Crippen LogP contribution >= 0.6 is 11.6 Å². The van der Waals surface area contributed by atoms with E-state index < -0.39 is 17.7 Å². The molecule has 1 amide bonds. The van der Waals surface area contributed by atoms with Gasteiger partial charge in [-0.15, -0.1) is 0 Å². The van der Waals surface area contributed by atoms with Gasteiger partial charge in [0.25, 0.3) is 11.7 Å². The topological polar surface area (TPSA) is 93.1 Å². The molecule has 0 bridgehead atoms. The summed E-state index contributed by atoms with van der Waals surface area (Å²) in [5.41, 5.74) is 3.54. The third-order valence-electron chi connectivity index (χ3n) is 6.37. The lowest BCUT2D eigenvalue weighted by atomic mass is 9.92. The molecule has 1 aliphatic rings. The Morgan fingerprint density at radius 2 is 1.70 bits per heavy atom. The molecule has 1 unspecified atom stereocenters. The van der Waals surface area contributed by atoms with E-state index in [2.05, 4.69) is 0 Å². The van der Waals surface area contributed by atoms with E-state index in [0.717, 1.165) is 11.1 Å². The van der Waals surface area contributed by atoms with Crippen LogP contribution < -0.4 is 9.64 Å². The summed E-state index contributed by atoms with van der Waals surface area (Å²) in [7, 11) is 2.73. The number of amides is 1. The van der Waals surface area contributed by atoms with Crippen LogP contribution in [0.4, 0.5) is 5.69 Å². The predicted molar refractivity (Wildman–Crippen MR) is 141 cm³/mol. The van der Waals surface area contributed by atoms with Crippen molar-refractivity contribution in [2.24, 2.45) is 0 Å². The minimum atomic E-state index is -0.906. The minimum absolute atomic E-state index is 0.0714. The second-order valence-electron chi connectivity index (χ2n) is 8.77. The second kappa shape index (κ2) is 10.5. The normalized spacial score (nSPS) is 16.7. The van der Waals surface area contributed by atoms with Crippen molar-refractivity contribution in [2.45, 2.75) is 26.3 Å². The van der Waals surface area contributed by atoms with Crippen molar-refractivity contribution in [1.29, 1.82) is 0 Å². The first-order chi connectivity index (χ1) is 17.7. The maximum Gasteiger partial charge on any atom is 0.309 e. The molecule has 4 rings (SSSR count). The number of aliphatic hydroxyl groups is 1. The van der Waals surface area contributed by atoms with E-state index in [1.807, 2.05) is 31.2 Å². The Morgan fingerprint density at radius 1 is 1.03 bits per heavy atom. The van der Waals surface area contributed by atoms with Gasteiger partial charge >= 0.3 is 5.97 Å². The Kier molecular flexibility index (Phi) is 7.36. The van der Waals surface area contributed by atoms with Gasteiger partial charge in [-0.05, 0) is 60.4 Å². The SMILES string of the molecule is COC(=O)Cc1ccc(N2C(=O)C(=O)/C(=C(/O)c3cc(C)cc(Cl)c3OC)C2c2ccccc2C)cc1. The van der Waals surface area contributed by atoms with E-state index in [1.165, 1.54) is 19.1 Å². The zero-order valence-electron chi connectivity index (χ0n) is 20.9. The Balaban J connectivity index is 1.93. The van der Waals surface area contributed by atoms with Gasteiger partial charge in [0.1, 0.15) is 11.5 Å².